The Morgan fingerprint density at radius 1 is 1.16 bits per heavy atom. The Kier molecular flexibility index (Phi) is 4.20. The minimum absolute atomic E-state index is 0.0564. The fourth-order valence-electron chi connectivity index (χ4n) is 2.90. The van der Waals surface area contributed by atoms with E-state index in [9.17, 15) is 23.1 Å². The average molecular weight is 353 g/mol. The van der Waals surface area contributed by atoms with Gasteiger partial charge in [0.1, 0.15) is 5.75 Å². The number of alkyl halides is 3. The second kappa shape index (κ2) is 6.19. The lowest BCUT2D eigenvalue weighted by Gasteiger charge is -2.28. The Labute approximate surface area is 141 Å². The molecule has 2 N–H and O–H groups in total. The molecule has 1 amide bonds. The second-order valence-electron chi connectivity index (χ2n) is 5.50. The number of anilines is 1. The monoisotopic (exact) mass is 353 g/mol. The van der Waals surface area contributed by atoms with Gasteiger partial charge in [-0.05, 0) is 17.7 Å². The van der Waals surface area contributed by atoms with Gasteiger partial charge in [0.25, 0.3) is 0 Å². The van der Waals surface area contributed by atoms with Crippen LogP contribution in [0.1, 0.15) is 23.5 Å². The van der Waals surface area contributed by atoms with Crippen LogP contribution in [-0.4, -0.2) is 24.5 Å². The average Bonchev–Trinajstić information content (AvgIpc) is 2.52. The van der Waals surface area contributed by atoms with Crippen LogP contribution in [0.2, 0.25) is 0 Å². The predicted molar refractivity (Wildman–Crippen MR) is 82.9 cm³/mol. The van der Waals surface area contributed by atoms with Crippen molar-refractivity contribution in [3.8, 4) is 17.2 Å². The van der Waals surface area contributed by atoms with E-state index in [-0.39, 0.29) is 35.1 Å². The SMILES string of the molecule is COc1cc2c(cc1O)NC(=O)CC2c1ccccc1OC(F)(F)F. The summed E-state index contributed by atoms with van der Waals surface area (Å²) >= 11 is 0. The van der Waals surface area contributed by atoms with Gasteiger partial charge in [-0.3, -0.25) is 4.79 Å². The molecule has 2 aromatic carbocycles. The number of hydrogen-bond donors (Lipinski definition) is 2. The van der Waals surface area contributed by atoms with E-state index in [4.69, 9.17) is 4.74 Å². The molecule has 25 heavy (non-hydrogen) atoms. The Balaban J connectivity index is 2.12. The molecule has 0 spiro atoms. The van der Waals surface area contributed by atoms with E-state index < -0.39 is 12.3 Å². The number of fused-ring (bicyclic) bond motifs is 1. The third kappa shape index (κ3) is 3.47. The van der Waals surface area contributed by atoms with Crippen molar-refractivity contribution in [1.29, 1.82) is 0 Å². The maximum atomic E-state index is 12.7. The molecule has 2 aromatic rings. The lowest BCUT2D eigenvalue weighted by molar-refractivity contribution is -0.274. The van der Waals surface area contributed by atoms with Gasteiger partial charge in [0.2, 0.25) is 5.91 Å². The molecule has 0 fully saturated rings. The number of carbonyl (C=O) groups is 1. The van der Waals surface area contributed by atoms with Crippen molar-refractivity contribution in [2.75, 3.05) is 12.4 Å². The number of phenolic OH excluding ortho intramolecular Hbond substituents is 1. The lowest BCUT2D eigenvalue weighted by atomic mass is 9.84. The topological polar surface area (TPSA) is 67.8 Å². The van der Waals surface area contributed by atoms with E-state index in [0.29, 0.717) is 11.3 Å². The summed E-state index contributed by atoms with van der Waals surface area (Å²) in [6, 6.07) is 8.49. The largest absolute Gasteiger partial charge is 0.573 e. The van der Waals surface area contributed by atoms with E-state index in [1.54, 1.807) is 6.07 Å². The van der Waals surface area contributed by atoms with Crippen molar-refractivity contribution >= 4 is 11.6 Å². The van der Waals surface area contributed by atoms with Crippen LogP contribution in [0.25, 0.3) is 0 Å². The maximum absolute atomic E-state index is 12.7. The zero-order valence-electron chi connectivity index (χ0n) is 13.1. The lowest BCUT2D eigenvalue weighted by Crippen LogP contribution is -2.25. The molecule has 0 bridgehead atoms. The zero-order chi connectivity index (χ0) is 18.2. The van der Waals surface area contributed by atoms with Crippen molar-refractivity contribution in [3.05, 3.63) is 47.5 Å². The normalized spacial score (nSPS) is 16.8. The quantitative estimate of drug-likeness (QED) is 0.881. The highest BCUT2D eigenvalue weighted by molar-refractivity contribution is 5.96. The fraction of sp³-hybridized carbons (Fsp3) is 0.235. The van der Waals surface area contributed by atoms with Gasteiger partial charge in [-0.15, -0.1) is 13.2 Å². The fourth-order valence-corrected chi connectivity index (χ4v) is 2.90. The Morgan fingerprint density at radius 3 is 2.56 bits per heavy atom. The van der Waals surface area contributed by atoms with Crippen LogP contribution in [0.5, 0.6) is 17.2 Å². The number of halogens is 3. The third-order valence-electron chi connectivity index (χ3n) is 3.91. The summed E-state index contributed by atoms with van der Waals surface area (Å²) in [6.45, 7) is 0. The summed E-state index contributed by atoms with van der Waals surface area (Å²) in [7, 11) is 1.36. The first kappa shape index (κ1) is 16.9. The minimum atomic E-state index is -4.84. The van der Waals surface area contributed by atoms with Crippen molar-refractivity contribution in [2.45, 2.75) is 18.7 Å². The first-order valence-corrected chi connectivity index (χ1v) is 7.34. The van der Waals surface area contributed by atoms with E-state index in [1.165, 1.54) is 37.4 Å². The van der Waals surface area contributed by atoms with E-state index in [0.717, 1.165) is 0 Å². The van der Waals surface area contributed by atoms with E-state index >= 15 is 0 Å². The molecule has 0 saturated heterocycles. The molecular formula is C17H14F3NO4. The number of aromatic hydroxyl groups is 1. The second-order valence-corrected chi connectivity index (χ2v) is 5.50. The van der Waals surface area contributed by atoms with Gasteiger partial charge in [0.15, 0.2) is 11.5 Å². The highest BCUT2D eigenvalue weighted by atomic mass is 19.4. The van der Waals surface area contributed by atoms with Crippen molar-refractivity contribution in [2.24, 2.45) is 0 Å². The summed E-state index contributed by atoms with van der Waals surface area (Å²) < 4.78 is 47.2. The summed E-state index contributed by atoms with van der Waals surface area (Å²) in [5.41, 5.74) is 1.08. The number of ether oxygens (including phenoxy) is 2. The van der Waals surface area contributed by atoms with Crippen molar-refractivity contribution in [3.63, 3.8) is 0 Å². The standard InChI is InChI=1S/C17H14F3NO4/c1-24-15-6-11-10(7-16(23)21-12(11)8-13(15)22)9-4-2-3-5-14(9)25-17(18,19)20/h2-6,8,10,22H,7H2,1H3,(H,21,23). The molecular weight excluding hydrogens is 339 g/mol. The Bertz CT molecular complexity index is 820. The molecule has 1 aliphatic rings. The third-order valence-corrected chi connectivity index (χ3v) is 3.91. The summed E-state index contributed by atoms with van der Waals surface area (Å²) in [6.07, 6.45) is -4.90. The van der Waals surface area contributed by atoms with Gasteiger partial charge in [0.05, 0.1) is 7.11 Å². The smallest absolute Gasteiger partial charge is 0.504 e. The summed E-state index contributed by atoms with van der Waals surface area (Å²) in [5.74, 6) is -1.43. The minimum Gasteiger partial charge on any atom is -0.504 e. The van der Waals surface area contributed by atoms with Crippen LogP contribution in [0.4, 0.5) is 18.9 Å². The molecule has 0 saturated carbocycles. The maximum Gasteiger partial charge on any atom is 0.573 e. The van der Waals surface area contributed by atoms with Crippen LogP contribution >= 0.6 is 0 Å². The first-order chi connectivity index (χ1) is 11.8. The predicted octanol–water partition coefficient (Wildman–Crippen LogP) is 3.77. The first-order valence-electron chi connectivity index (χ1n) is 7.34. The van der Waals surface area contributed by atoms with Crippen LogP contribution in [0, 0.1) is 0 Å². The number of hydrogen-bond acceptors (Lipinski definition) is 4. The summed E-state index contributed by atoms with van der Waals surface area (Å²) in [4.78, 5) is 12.0. The highest BCUT2D eigenvalue weighted by Gasteiger charge is 2.35. The molecule has 132 valence electrons. The molecule has 8 heteroatoms. The Morgan fingerprint density at radius 2 is 1.88 bits per heavy atom. The Hall–Kier alpha value is -2.90. The molecule has 3 rings (SSSR count). The summed E-state index contributed by atoms with van der Waals surface area (Å²) in [5, 5.41) is 12.5. The van der Waals surface area contributed by atoms with Crippen LogP contribution < -0.4 is 14.8 Å². The van der Waals surface area contributed by atoms with Crippen molar-refractivity contribution < 1.29 is 32.5 Å². The number of carbonyl (C=O) groups excluding carboxylic acids is 1. The molecule has 1 aliphatic heterocycles. The number of nitrogens with one attached hydrogen (secondary N) is 1. The number of rotatable bonds is 3. The molecule has 1 atom stereocenters. The van der Waals surface area contributed by atoms with Crippen LogP contribution in [0.15, 0.2) is 36.4 Å². The van der Waals surface area contributed by atoms with Gasteiger partial charge in [-0.25, -0.2) is 0 Å². The van der Waals surface area contributed by atoms with Gasteiger partial charge < -0.3 is 19.9 Å². The van der Waals surface area contributed by atoms with Gasteiger partial charge in [0, 0.05) is 29.7 Å². The van der Waals surface area contributed by atoms with E-state index in [2.05, 4.69) is 10.1 Å². The molecule has 1 heterocycles. The number of methoxy groups -OCH3 is 1. The highest BCUT2D eigenvalue weighted by Crippen LogP contribution is 2.45. The number of benzene rings is 2. The molecule has 1 unspecified atom stereocenters. The molecule has 0 radical (unpaired) electrons. The van der Waals surface area contributed by atoms with Gasteiger partial charge >= 0.3 is 6.36 Å². The zero-order valence-corrected chi connectivity index (χ0v) is 13.1. The van der Waals surface area contributed by atoms with Crippen LogP contribution in [0.3, 0.4) is 0 Å². The number of para-hydroxylation sites is 1. The molecule has 0 aliphatic carbocycles. The number of phenols is 1. The van der Waals surface area contributed by atoms with E-state index in [1.807, 2.05) is 0 Å². The van der Waals surface area contributed by atoms with Gasteiger partial charge in [-0.2, -0.15) is 0 Å². The van der Waals surface area contributed by atoms with Gasteiger partial charge in [-0.1, -0.05) is 18.2 Å². The number of amides is 1. The molecule has 5 nitrogen and oxygen atoms in total. The van der Waals surface area contributed by atoms with Crippen LogP contribution in [-0.2, 0) is 4.79 Å². The molecule has 0 aromatic heterocycles. The van der Waals surface area contributed by atoms with Crippen molar-refractivity contribution in [1.82, 2.24) is 0 Å².